The average molecular weight is 601 g/mol. The molecule has 0 spiro atoms. The summed E-state index contributed by atoms with van der Waals surface area (Å²) in [5.74, 6) is 0. The summed E-state index contributed by atoms with van der Waals surface area (Å²) in [7, 11) is 0. The molecule has 7 nitrogen and oxygen atoms in total. The Labute approximate surface area is 262 Å². The second-order valence-electron chi connectivity index (χ2n) is 13.3. The summed E-state index contributed by atoms with van der Waals surface area (Å²) < 4.78 is 6.47. The molecular formula is C38H40N4O3. The second kappa shape index (κ2) is 11.8. The minimum atomic E-state index is -0.167. The predicted octanol–water partition coefficient (Wildman–Crippen LogP) is 6.86. The van der Waals surface area contributed by atoms with Gasteiger partial charge in [0.1, 0.15) is 0 Å². The summed E-state index contributed by atoms with van der Waals surface area (Å²) in [6.07, 6.45) is 0.917. The maximum atomic E-state index is 14.0. The highest BCUT2D eigenvalue weighted by Gasteiger charge is 2.21. The van der Waals surface area contributed by atoms with Crippen molar-refractivity contribution in [1.82, 2.24) is 14.8 Å². The normalized spacial score (nSPS) is 15.0. The van der Waals surface area contributed by atoms with E-state index in [2.05, 4.69) is 83.3 Å². The highest BCUT2D eigenvalue weighted by molar-refractivity contribution is 6.14. The maximum Gasteiger partial charge on any atom is 0.196 e. The van der Waals surface area contributed by atoms with E-state index in [1.165, 1.54) is 5.56 Å². The van der Waals surface area contributed by atoms with Gasteiger partial charge in [0.2, 0.25) is 0 Å². The first-order valence-electron chi connectivity index (χ1n) is 16.0. The number of anilines is 1. The first-order chi connectivity index (χ1) is 21.8. The van der Waals surface area contributed by atoms with E-state index in [-0.39, 0.29) is 16.3 Å². The van der Waals surface area contributed by atoms with Crippen LogP contribution in [0, 0.1) is 0 Å². The van der Waals surface area contributed by atoms with E-state index in [1.54, 1.807) is 18.2 Å². The number of benzene rings is 5. The number of fused-ring (bicyclic) bond motifs is 5. The molecule has 45 heavy (non-hydrogen) atoms. The van der Waals surface area contributed by atoms with E-state index in [0.29, 0.717) is 50.5 Å². The van der Waals surface area contributed by atoms with Gasteiger partial charge in [-0.3, -0.25) is 14.5 Å². The van der Waals surface area contributed by atoms with Gasteiger partial charge in [0.05, 0.1) is 21.8 Å². The minimum absolute atomic E-state index is 0.0398. The molecule has 2 N–H and O–H groups in total. The molecule has 0 radical (unpaired) electrons. The van der Waals surface area contributed by atoms with Crippen LogP contribution >= 0.6 is 0 Å². The Morgan fingerprint density at radius 2 is 1.44 bits per heavy atom. The molecule has 6 aromatic rings. The van der Waals surface area contributed by atoms with Crippen LogP contribution in [0.15, 0.2) is 92.9 Å². The first kappa shape index (κ1) is 29.3. The molecule has 230 valence electrons. The van der Waals surface area contributed by atoms with Gasteiger partial charge in [-0.25, -0.2) is 0 Å². The number of hydrogen-bond acceptors (Lipinski definition) is 6. The number of piperazine rings is 1. The number of nitrogens with zero attached hydrogens (tertiary/aromatic N) is 2. The van der Waals surface area contributed by atoms with Gasteiger partial charge in [0.25, 0.3) is 0 Å². The third-order valence-corrected chi connectivity index (χ3v) is 9.17. The van der Waals surface area contributed by atoms with Crippen LogP contribution in [0.5, 0.6) is 0 Å². The van der Waals surface area contributed by atoms with Gasteiger partial charge in [-0.2, -0.15) is 0 Å². The third kappa shape index (κ3) is 5.74. The Morgan fingerprint density at radius 1 is 0.778 bits per heavy atom. The van der Waals surface area contributed by atoms with Gasteiger partial charge in [-0.15, -0.1) is 0 Å². The molecule has 0 unspecified atom stereocenters. The fourth-order valence-electron chi connectivity index (χ4n) is 6.58. The highest BCUT2D eigenvalue weighted by atomic mass is 16.3. The van der Waals surface area contributed by atoms with Gasteiger partial charge < -0.3 is 19.6 Å². The highest BCUT2D eigenvalue weighted by Crippen LogP contribution is 2.33. The predicted molar refractivity (Wildman–Crippen MR) is 186 cm³/mol. The molecule has 1 aliphatic rings. The molecule has 7 heteroatoms. The lowest BCUT2D eigenvalue weighted by atomic mass is 9.87. The summed E-state index contributed by atoms with van der Waals surface area (Å²) in [5, 5.41) is 5.19. The van der Waals surface area contributed by atoms with E-state index in [4.69, 9.17) is 4.42 Å². The summed E-state index contributed by atoms with van der Waals surface area (Å²) in [5.41, 5.74) is 5.39. The fourth-order valence-corrected chi connectivity index (χ4v) is 6.58. The number of hydrogen-bond donors (Lipinski definition) is 2. The molecule has 0 aliphatic carbocycles. The zero-order valence-electron chi connectivity index (χ0n) is 26.3. The Bertz CT molecular complexity index is 2140. The number of aromatic nitrogens is 1. The van der Waals surface area contributed by atoms with E-state index in [9.17, 15) is 9.59 Å². The first-order valence-corrected chi connectivity index (χ1v) is 16.0. The van der Waals surface area contributed by atoms with Gasteiger partial charge in [-0.1, -0.05) is 81.4 Å². The molecule has 7 rings (SSSR count). The molecule has 0 atom stereocenters. The number of nitrogens with one attached hydrogen (secondary N) is 2. The fraction of sp³-hybridized carbons (Fsp3) is 0.316. The lowest BCUT2D eigenvalue weighted by Gasteiger charge is -2.34. The third-order valence-electron chi connectivity index (χ3n) is 9.17. The Morgan fingerprint density at radius 3 is 2.16 bits per heavy atom. The quantitative estimate of drug-likeness (QED) is 0.118. The van der Waals surface area contributed by atoms with Gasteiger partial charge in [-0.05, 0) is 41.6 Å². The van der Waals surface area contributed by atoms with Crippen molar-refractivity contribution >= 4 is 49.4 Å². The number of rotatable bonds is 7. The average Bonchev–Trinajstić information content (AvgIpc) is 3.04. The van der Waals surface area contributed by atoms with Crippen molar-refractivity contribution in [3.8, 4) is 0 Å². The van der Waals surface area contributed by atoms with E-state index in [1.807, 2.05) is 18.2 Å². The van der Waals surface area contributed by atoms with Crippen molar-refractivity contribution in [2.75, 3.05) is 44.6 Å². The van der Waals surface area contributed by atoms with E-state index >= 15 is 0 Å². The Balaban J connectivity index is 1.17. The standard InChI is InChI=1S/C38H40N4O3/c1-38(2,3)26-14-15-29-31(22-26)45-32-23-30(33-34(35(32)40-29)37(44)28-13-8-7-12-27(28)36(33)43)39-16-9-17-41-18-20-42(21-19-41)24-25-10-5-4-6-11-25/h4-8,10-15,22-23,39-40H,9,16-21,24H2,1-3H3. The van der Waals surface area contributed by atoms with Crippen LogP contribution in [0.25, 0.3) is 43.7 Å². The maximum absolute atomic E-state index is 14.0. The summed E-state index contributed by atoms with van der Waals surface area (Å²) in [4.78, 5) is 36.4. The molecule has 1 aliphatic heterocycles. The lowest BCUT2D eigenvalue weighted by molar-refractivity contribution is 0.127. The van der Waals surface area contributed by atoms with Gasteiger partial charge in [0, 0.05) is 61.8 Å². The lowest BCUT2D eigenvalue weighted by Crippen LogP contribution is -2.46. The number of aromatic amines is 1. The van der Waals surface area contributed by atoms with Crippen molar-refractivity contribution in [2.45, 2.75) is 39.2 Å². The van der Waals surface area contributed by atoms with Crippen LogP contribution in [-0.2, 0) is 12.0 Å². The topological polar surface area (TPSA) is 81.6 Å². The second-order valence-corrected chi connectivity index (χ2v) is 13.3. The van der Waals surface area contributed by atoms with E-state index < -0.39 is 0 Å². The Hall–Kier alpha value is -4.46. The zero-order chi connectivity index (χ0) is 31.1. The van der Waals surface area contributed by atoms with Gasteiger partial charge >= 0.3 is 0 Å². The molecule has 5 aromatic carbocycles. The number of H-pyrrole nitrogens is 1. The minimum Gasteiger partial charge on any atom is -0.453 e. The van der Waals surface area contributed by atoms with Crippen LogP contribution in [-0.4, -0.2) is 54.1 Å². The Kier molecular flexibility index (Phi) is 7.68. The van der Waals surface area contributed by atoms with Crippen molar-refractivity contribution in [3.63, 3.8) is 0 Å². The largest absolute Gasteiger partial charge is 0.453 e. The molecule has 1 aromatic heterocycles. The molecule has 1 fully saturated rings. The summed E-state index contributed by atoms with van der Waals surface area (Å²) in [6.45, 7) is 13.3. The van der Waals surface area contributed by atoms with Crippen molar-refractivity contribution in [3.05, 3.63) is 110 Å². The zero-order valence-corrected chi connectivity index (χ0v) is 26.3. The molecular weight excluding hydrogens is 560 g/mol. The summed E-state index contributed by atoms with van der Waals surface area (Å²) >= 11 is 0. The van der Waals surface area contributed by atoms with Crippen LogP contribution < -0.4 is 16.2 Å². The van der Waals surface area contributed by atoms with Crippen molar-refractivity contribution < 1.29 is 4.42 Å². The molecule has 0 saturated carbocycles. The van der Waals surface area contributed by atoms with Gasteiger partial charge in [0.15, 0.2) is 22.0 Å². The summed E-state index contributed by atoms with van der Waals surface area (Å²) in [6, 6.07) is 25.7. The molecule has 1 saturated heterocycles. The smallest absolute Gasteiger partial charge is 0.196 e. The van der Waals surface area contributed by atoms with Crippen molar-refractivity contribution in [2.24, 2.45) is 0 Å². The van der Waals surface area contributed by atoms with Crippen molar-refractivity contribution in [1.29, 1.82) is 0 Å². The SMILES string of the molecule is CC(C)(C)c1ccc2[nH]c3c(cc(NCCCN4CCN(Cc5ccccc5)CC4)c4c(=O)c5ccccc5c(=O)c43)oc2c1. The monoisotopic (exact) mass is 600 g/mol. The van der Waals surface area contributed by atoms with Crippen LogP contribution in [0.2, 0.25) is 0 Å². The molecule has 0 amide bonds. The van der Waals surface area contributed by atoms with E-state index in [0.717, 1.165) is 56.8 Å². The van der Waals surface area contributed by atoms with Crippen LogP contribution in [0.1, 0.15) is 38.3 Å². The van der Waals surface area contributed by atoms with Crippen LogP contribution in [0.4, 0.5) is 5.69 Å². The molecule has 2 heterocycles. The van der Waals surface area contributed by atoms with Crippen LogP contribution in [0.3, 0.4) is 0 Å². The molecule has 0 bridgehead atoms.